The van der Waals surface area contributed by atoms with Gasteiger partial charge in [0.25, 0.3) is 5.56 Å². The summed E-state index contributed by atoms with van der Waals surface area (Å²) in [5.74, 6) is 1.62. The van der Waals surface area contributed by atoms with Crippen LogP contribution < -0.4 is 19.6 Å². The van der Waals surface area contributed by atoms with Crippen molar-refractivity contribution in [2.75, 3.05) is 14.2 Å². The summed E-state index contributed by atoms with van der Waals surface area (Å²) in [5.41, 5.74) is 1.44. The molecule has 0 amide bonds. The molecule has 0 aliphatic rings. The van der Waals surface area contributed by atoms with Crippen molar-refractivity contribution in [3.05, 3.63) is 67.9 Å². The first-order chi connectivity index (χ1) is 13.1. The lowest BCUT2D eigenvalue weighted by Crippen LogP contribution is -2.23. The van der Waals surface area contributed by atoms with Crippen LogP contribution in [0.15, 0.2) is 47.3 Å². The monoisotopic (exact) mass is 399 g/mol. The van der Waals surface area contributed by atoms with Crippen LogP contribution in [-0.4, -0.2) is 28.8 Å². The fraction of sp³-hybridized carbons (Fsp3) is 0.105. The van der Waals surface area contributed by atoms with Gasteiger partial charge in [-0.1, -0.05) is 35.1 Å². The molecule has 8 heteroatoms. The van der Waals surface area contributed by atoms with Gasteiger partial charge in [0, 0.05) is 10.6 Å². The minimum atomic E-state index is -0.167. The van der Waals surface area contributed by atoms with Crippen LogP contribution in [0.4, 0.5) is 0 Å². The maximum atomic E-state index is 12.9. The van der Waals surface area contributed by atoms with E-state index < -0.39 is 0 Å². The summed E-state index contributed by atoms with van der Waals surface area (Å²) in [6, 6.07) is 12.6. The molecule has 2 heterocycles. The van der Waals surface area contributed by atoms with Crippen LogP contribution >= 0.6 is 22.9 Å². The van der Waals surface area contributed by atoms with E-state index >= 15 is 0 Å². The van der Waals surface area contributed by atoms with Gasteiger partial charge in [0.1, 0.15) is 0 Å². The number of benzene rings is 2. The van der Waals surface area contributed by atoms with Gasteiger partial charge >= 0.3 is 0 Å². The number of aromatic nitrogens is 3. The Morgan fingerprint density at radius 3 is 2.48 bits per heavy atom. The molecule has 0 saturated carbocycles. The third kappa shape index (κ3) is 3.15. The number of nitrogens with zero attached hydrogens (tertiary/aromatic N) is 3. The van der Waals surface area contributed by atoms with Gasteiger partial charge in [-0.25, -0.2) is 4.40 Å². The highest BCUT2D eigenvalue weighted by Gasteiger charge is 2.16. The second kappa shape index (κ2) is 7.02. The molecule has 0 bridgehead atoms. The summed E-state index contributed by atoms with van der Waals surface area (Å²) in [6.07, 6.45) is 1.82. The summed E-state index contributed by atoms with van der Waals surface area (Å²) in [6.45, 7) is 0. The molecule has 0 unspecified atom stereocenters. The van der Waals surface area contributed by atoms with E-state index in [9.17, 15) is 4.79 Å². The van der Waals surface area contributed by atoms with Crippen molar-refractivity contribution in [1.29, 1.82) is 0 Å². The molecule has 0 aliphatic carbocycles. The maximum Gasteiger partial charge on any atom is 0.276 e. The Morgan fingerprint density at radius 2 is 1.78 bits per heavy atom. The zero-order valence-corrected chi connectivity index (χ0v) is 16.0. The summed E-state index contributed by atoms with van der Waals surface area (Å²) in [5, 5.41) is 8.97. The average molecular weight is 400 g/mol. The second-order valence-electron chi connectivity index (χ2n) is 5.68. The Hall–Kier alpha value is -2.90. The number of thiazole rings is 1. The van der Waals surface area contributed by atoms with Crippen molar-refractivity contribution in [3.63, 3.8) is 0 Å². The molecule has 0 fully saturated rings. The number of hydrogen-bond acceptors (Lipinski definition) is 6. The van der Waals surface area contributed by atoms with Crippen LogP contribution in [-0.2, 0) is 0 Å². The van der Waals surface area contributed by atoms with E-state index in [1.807, 2.05) is 24.3 Å². The lowest BCUT2D eigenvalue weighted by atomic mass is 10.2. The largest absolute Gasteiger partial charge is 0.493 e. The van der Waals surface area contributed by atoms with Crippen molar-refractivity contribution < 1.29 is 9.47 Å². The quantitative estimate of drug-likeness (QED) is 0.527. The van der Waals surface area contributed by atoms with Gasteiger partial charge in [-0.15, -0.1) is 10.2 Å². The molecule has 136 valence electrons. The van der Waals surface area contributed by atoms with E-state index in [0.29, 0.717) is 37.4 Å². The average Bonchev–Trinajstić information content (AvgIpc) is 3.23. The van der Waals surface area contributed by atoms with Gasteiger partial charge in [-0.3, -0.25) is 4.79 Å². The van der Waals surface area contributed by atoms with E-state index in [1.165, 1.54) is 15.7 Å². The molecule has 0 N–H and O–H groups in total. The van der Waals surface area contributed by atoms with Crippen LogP contribution in [0.3, 0.4) is 0 Å². The summed E-state index contributed by atoms with van der Waals surface area (Å²) in [7, 11) is 3.13. The van der Waals surface area contributed by atoms with Gasteiger partial charge in [0.15, 0.2) is 17.3 Å². The van der Waals surface area contributed by atoms with Crippen molar-refractivity contribution in [1.82, 2.24) is 14.6 Å². The predicted octanol–water partition coefficient (Wildman–Crippen LogP) is 3.04. The Balaban J connectivity index is 1.86. The number of fused-ring (bicyclic) bond motifs is 1. The highest BCUT2D eigenvalue weighted by atomic mass is 35.5. The van der Waals surface area contributed by atoms with E-state index in [-0.39, 0.29) is 5.56 Å². The van der Waals surface area contributed by atoms with Crippen LogP contribution in [0, 0.1) is 0 Å². The van der Waals surface area contributed by atoms with Gasteiger partial charge in [-0.2, -0.15) is 0 Å². The lowest BCUT2D eigenvalue weighted by molar-refractivity contribution is 0.355. The van der Waals surface area contributed by atoms with E-state index in [2.05, 4.69) is 10.2 Å². The molecule has 0 aliphatic heterocycles. The van der Waals surface area contributed by atoms with Crippen LogP contribution in [0.25, 0.3) is 22.4 Å². The molecule has 0 radical (unpaired) electrons. The minimum absolute atomic E-state index is 0.167. The highest BCUT2D eigenvalue weighted by Crippen LogP contribution is 2.31. The highest BCUT2D eigenvalue weighted by molar-refractivity contribution is 7.15. The third-order valence-corrected chi connectivity index (χ3v) is 5.27. The third-order valence-electron chi connectivity index (χ3n) is 4.06. The smallest absolute Gasteiger partial charge is 0.276 e. The Labute approximate surface area is 163 Å². The van der Waals surface area contributed by atoms with Gasteiger partial charge in [0.05, 0.1) is 18.8 Å². The molecule has 4 rings (SSSR count). The van der Waals surface area contributed by atoms with Gasteiger partial charge in [-0.05, 0) is 42.0 Å². The van der Waals surface area contributed by atoms with Crippen LogP contribution in [0.5, 0.6) is 11.5 Å². The number of rotatable bonds is 4. The molecule has 0 atom stereocenters. The molecular weight excluding hydrogens is 386 g/mol. The topological polar surface area (TPSA) is 65.7 Å². The molecule has 2 aromatic carbocycles. The Morgan fingerprint density at radius 1 is 1.04 bits per heavy atom. The standard InChI is InChI=1S/C19H14ClN3O3S/c1-25-14-8-5-12(10-15(14)26-2)17-21-22-19-23(17)18(24)16(27-19)9-11-3-6-13(20)7-4-11/h3-10H,1-2H3. The fourth-order valence-corrected chi connectivity index (χ4v) is 3.77. The fourth-order valence-electron chi connectivity index (χ4n) is 2.74. The van der Waals surface area contributed by atoms with Crippen LogP contribution in [0.1, 0.15) is 5.56 Å². The lowest BCUT2D eigenvalue weighted by Gasteiger charge is -2.08. The number of methoxy groups -OCH3 is 2. The SMILES string of the molecule is COc1ccc(-c2nnc3sc(=Cc4ccc(Cl)cc4)c(=O)n23)cc1OC. The molecule has 27 heavy (non-hydrogen) atoms. The van der Waals surface area contributed by atoms with Gasteiger partial charge in [0.2, 0.25) is 4.96 Å². The summed E-state index contributed by atoms with van der Waals surface area (Å²) in [4.78, 5) is 13.4. The molecule has 0 saturated heterocycles. The first-order valence-electron chi connectivity index (χ1n) is 7.98. The zero-order chi connectivity index (χ0) is 19.0. The van der Waals surface area contributed by atoms with Crippen molar-refractivity contribution in [2.45, 2.75) is 0 Å². The molecule has 0 spiro atoms. The molecule has 2 aromatic heterocycles. The Kier molecular flexibility index (Phi) is 4.55. The number of hydrogen-bond donors (Lipinski definition) is 0. The van der Waals surface area contributed by atoms with E-state index in [1.54, 1.807) is 38.5 Å². The van der Waals surface area contributed by atoms with Crippen LogP contribution in [0.2, 0.25) is 5.02 Å². The van der Waals surface area contributed by atoms with E-state index in [4.69, 9.17) is 21.1 Å². The van der Waals surface area contributed by atoms with E-state index in [0.717, 1.165) is 5.56 Å². The number of halogens is 1. The number of ether oxygens (including phenoxy) is 2. The second-order valence-corrected chi connectivity index (χ2v) is 7.12. The molecule has 6 nitrogen and oxygen atoms in total. The molecule has 4 aromatic rings. The maximum absolute atomic E-state index is 12.9. The summed E-state index contributed by atoms with van der Waals surface area (Å²) < 4.78 is 12.7. The first kappa shape index (κ1) is 17.5. The van der Waals surface area contributed by atoms with Gasteiger partial charge < -0.3 is 9.47 Å². The van der Waals surface area contributed by atoms with Crippen molar-refractivity contribution in [3.8, 4) is 22.9 Å². The summed E-state index contributed by atoms with van der Waals surface area (Å²) >= 11 is 7.20. The molecular formula is C19H14ClN3O3S. The zero-order valence-electron chi connectivity index (χ0n) is 14.5. The van der Waals surface area contributed by atoms with Crippen molar-refractivity contribution in [2.24, 2.45) is 0 Å². The van der Waals surface area contributed by atoms with Crippen molar-refractivity contribution >= 4 is 34.0 Å². The predicted molar refractivity (Wildman–Crippen MR) is 106 cm³/mol. The Bertz CT molecular complexity index is 1230. The first-order valence-corrected chi connectivity index (χ1v) is 9.18. The normalized spacial score (nSPS) is 11.9. The minimum Gasteiger partial charge on any atom is -0.493 e.